The molecule has 0 aromatic heterocycles. The molecule has 0 unspecified atom stereocenters. The van der Waals surface area contributed by atoms with E-state index in [2.05, 4.69) is 5.43 Å². The Balaban J connectivity index is 3.18. The van der Waals surface area contributed by atoms with E-state index in [4.69, 9.17) is 10.6 Å². The van der Waals surface area contributed by atoms with Gasteiger partial charge in [0.25, 0.3) is 0 Å². The number of anilines is 1. The fourth-order valence-corrected chi connectivity index (χ4v) is 0.922. The van der Waals surface area contributed by atoms with Crippen LogP contribution in [0.4, 0.5) is 11.4 Å². The highest BCUT2D eigenvalue weighted by Crippen LogP contribution is 2.28. The topological polar surface area (TPSA) is 90.4 Å². The maximum atomic E-state index is 10.5. The molecule has 0 amide bonds. The lowest BCUT2D eigenvalue weighted by Gasteiger charge is -2.03. The van der Waals surface area contributed by atoms with E-state index in [9.17, 15) is 10.1 Å². The van der Waals surface area contributed by atoms with E-state index < -0.39 is 4.92 Å². The predicted molar refractivity (Wildman–Crippen MR) is 47.5 cm³/mol. The van der Waals surface area contributed by atoms with Crippen molar-refractivity contribution in [1.29, 1.82) is 0 Å². The van der Waals surface area contributed by atoms with E-state index in [0.717, 1.165) is 0 Å². The molecule has 0 fully saturated rings. The molecule has 0 atom stereocenters. The molecule has 0 heterocycles. The minimum Gasteiger partial charge on any atom is -0.490 e. The van der Waals surface area contributed by atoms with E-state index in [-0.39, 0.29) is 11.4 Å². The zero-order chi connectivity index (χ0) is 9.84. The Kier molecular flexibility index (Phi) is 2.65. The lowest BCUT2D eigenvalue weighted by atomic mass is 10.2. The Morgan fingerprint density at radius 1 is 1.62 bits per heavy atom. The van der Waals surface area contributed by atoms with Crippen molar-refractivity contribution in [1.82, 2.24) is 0 Å². The molecule has 0 saturated heterocycles. The van der Waals surface area contributed by atoms with Gasteiger partial charge in [0.05, 0.1) is 17.7 Å². The van der Waals surface area contributed by atoms with Crippen LogP contribution in [0.15, 0.2) is 18.2 Å². The molecule has 70 valence electrons. The van der Waals surface area contributed by atoms with Crippen LogP contribution >= 0.6 is 0 Å². The van der Waals surface area contributed by atoms with Crippen molar-refractivity contribution in [3.05, 3.63) is 28.3 Å². The van der Waals surface area contributed by atoms with Crippen molar-refractivity contribution in [3.63, 3.8) is 0 Å². The van der Waals surface area contributed by atoms with Crippen LogP contribution in [0.2, 0.25) is 0 Å². The number of rotatable bonds is 3. The highest BCUT2D eigenvalue weighted by molar-refractivity contribution is 5.57. The predicted octanol–water partition coefficient (Wildman–Crippen LogP) is 0.889. The molecule has 0 aliphatic carbocycles. The van der Waals surface area contributed by atoms with Gasteiger partial charge in [0, 0.05) is 6.07 Å². The Morgan fingerprint density at radius 3 is 2.77 bits per heavy atom. The molecule has 13 heavy (non-hydrogen) atoms. The van der Waals surface area contributed by atoms with Crippen molar-refractivity contribution >= 4 is 11.4 Å². The monoisotopic (exact) mass is 183 g/mol. The first-order chi connectivity index (χ1) is 6.19. The number of nitrogen functional groups attached to an aromatic ring is 1. The summed E-state index contributed by atoms with van der Waals surface area (Å²) in [5, 5.41) is 10.5. The molecule has 1 aromatic rings. The summed E-state index contributed by atoms with van der Waals surface area (Å²) in [6, 6.07) is 4.37. The van der Waals surface area contributed by atoms with Crippen LogP contribution in [0.25, 0.3) is 0 Å². The second-order valence-corrected chi connectivity index (χ2v) is 2.29. The lowest BCUT2D eigenvalue weighted by Crippen LogP contribution is -2.07. The number of hydrogen-bond acceptors (Lipinski definition) is 5. The number of methoxy groups -OCH3 is 1. The van der Waals surface area contributed by atoms with Gasteiger partial charge < -0.3 is 10.2 Å². The van der Waals surface area contributed by atoms with Crippen molar-refractivity contribution < 1.29 is 9.66 Å². The summed E-state index contributed by atoms with van der Waals surface area (Å²) in [6.45, 7) is 0. The summed E-state index contributed by atoms with van der Waals surface area (Å²) in [5.74, 6) is 5.31. The summed E-state index contributed by atoms with van der Waals surface area (Å²) in [7, 11) is 1.37. The fourth-order valence-electron chi connectivity index (χ4n) is 0.922. The maximum absolute atomic E-state index is 10.5. The average molecular weight is 183 g/mol. The first kappa shape index (κ1) is 9.27. The Hall–Kier alpha value is -1.82. The van der Waals surface area contributed by atoms with Crippen LogP contribution in [-0.2, 0) is 0 Å². The normalized spacial score (nSPS) is 9.38. The zero-order valence-corrected chi connectivity index (χ0v) is 6.98. The summed E-state index contributed by atoms with van der Waals surface area (Å²) < 4.78 is 4.80. The van der Waals surface area contributed by atoms with Gasteiger partial charge in [-0.15, -0.1) is 0 Å². The summed E-state index contributed by atoms with van der Waals surface area (Å²) in [4.78, 5) is 9.98. The summed E-state index contributed by atoms with van der Waals surface area (Å²) >= 11 is 0. The number of hydrogen-bond donors (Lipinski definition) is 2. The van der Waals surface area contributed by atoms with Crippen LogP contribution < -0.4 is 16.0 Å². The Labute approximate surface area is 74.4 Å². The number of nitro groups is 1. The van der Waals surface area contributed by atoms with Gasteiger partial charge in [-0.05, 0) is 12.1 Å². The van der Waals surface area contributed by atoms with E-state index in [1.54, 1.807) is 6.07 Å². The number of hydrazine groups is 1. The van der Waals surface area contributed by atoms with Crippen LogP contribution in [0.5, 0.6) is 5.75 Å². The molecule has 0 bridgehead atoms. The number of nitro benzene ring substituents is 1. The molecular weight excluding hydrogens is 174 g/mol. The van der Waals surface area contributed by atoms with Crippen LogP contribution in [0.1, 0.15) is 0 Å². The molecule has 0 spiro atoms. The van der Waals surface area contributed by atoms with Crippen LogP contribution in [0, 0.1) is 10.1 Å². The lowest BCUT2D eigenvalue weighted by molar-refractivity contribution is -0.385. The van der Waals surface area contributed by atoms with Crippen molar-refractivity contribution in [3.8, 4) is 5.75 Å². The van der Waals surface area contributed by atoms with Gasteiger partial charge in [-0.3, -0.25) is 16.0 Å². The SMILES string of the molecule is COc1ccc(NN)cc1[N+](=O)[O-]. The Bertz CT molecular complexity index is 327. The quantitative estimate of drug-likeness (QED) is 0.412. The largest absolute Gasteiger partial charge is 0.490 e. The maximum Gasteiger partial charge on any atom is 0.313 e. The second-order valence-electron chi connectivity index (χ2n) is 2.29. The molecule has 0 aliphatic rings. The highest BCUT2D eigenvalue weighted by Gasteiger charge is 2.14. The number of ether oxygens (including phenoxy) is 1. The first-order valence-corrected chi connectivity index (χ1v) is 3.48. The second kappa shape index (κ2) is 3.72. The van der Waals surface area contributed by atoms with Crippen molar-refractivity contribution in [2.45, 2.75) is 0 Å². The fraction of sp³-hybridized carbons (Fsp3) is 0.143. The van der Waals surface area contributed by atoms with Gasteiger partial charge in [-0.2, -0.15) is 0 Å². The van der Waals surface area contributed by atoms with Gasteiger partial charge in [0.15, 0.2) is 5.75 Å². The molecule has 0 aliphatic heterocycles. The third kappa shape index (κ3) is 1.85. The number of benzene rings is 1. The van der Waals surface area contributed by atoms with E-state index in [1.165, 1.54) is 19.2 Å². The van der Waals surface area contributed by atoms with Gasteiger partial charge in [-0.1, -0.05) is 0 Å². The Morgan fingerprint density at radius 2 is 2.31 bits per heavy atom. The number of nitrogens with zero attached hydrogens (tertiary/aromatic N) is 1. The molecule has 6 heteroatoms. The molecule has 6 nitrogen and oxygen atoms in total. The van der Waals surface area contributed by atoms with Gasteiger partial charge in [0.1, 0.15) is 0 Å². The highest BCUT2D eigenvalue weighted by atomic mass is 16.6. The molecule has 0 saturated carbocycles. The molecule has 1 aromatic carbocycles. The average Bonchev–Trinajstić information content (AvgIpc) is 2.16. The van der Waals surface area contributed by atoms with E-state index in [0.29, 0.717) is 5.69 Å². The molecular formula is C7H9N3O3. The summed E-state index contributed by atoms with van der Waals surface area (Å²) in [6.07, 6.45) is 0. The van der Waals surface area contributed by atoms with Crippen molar-refractivity contribution in [2.24, 2.45) is 5.84 Å². The molecule has 1 rings (SSSR count). The standard InChI is InChI=1S/C7H9N3O3/c1-13-7-3-2-5(9-8)4-6(7)10(11)12/h2-4,9H,8H2,1H3. The van der Waals surface area contributed by atoms with Gasteiger partial charge in [0.2, 0.25) is 0 Å². The van der Waals surface area contributed by atoms with E-state index >= 15 is 0 Å². The van der Waals surface area contributed by atoms with Gasteiger partial charge >= 0.3 is 5.69 Å². The van der Waals surface area contributed by atoms with Crippen molar-refractivity contribution in [2.75, 3.05) is 12.5 Å². The van der Waals surface area contributed by atoms with E-state index in [1.807, 2.05) is 0 Å². The number of nitrogens with two attached hydrogens (primary N) is 1. The van der Waals surface area contributed by atoms with Gasteiger partial charge in [-0.25, -0.2) is 0 Å². The molecule has 0 radical (unpaired) electrons. The smallest absolute Gasteiger partial charge is 0.313 e. The van der Waals surface area contributed by atoms with Crippen LogP contribution in [0.3, 0.4) is 0 Å². The number of nitrogens with one attached hydrogen (secondary N) is 1. The van der Waals surface area contributed by atoms with Crippen LogP contribution in [-0.4, -0.2) is 12.0 Å². The zero-order valence-electron chi connectivity index (χ0n) is 6.98. The first-order valence-electron chi connectivity index (χ1n) is 3.48. The minimum atomic E-state index is -0.528. The minimum absolute atomic E-state index is 0.113. The third-order valence-corrected chi connectivity index (χ3v) is 1.54. The summed E-state index contributed by atoms with van der Waals surface area (Å²) in [5.41, 5.74) is 2.67. The third-order valence-electron chi connectivity index (χ3n) is 1.54. The molecule has 3 N–H and O–H groups in total.